The van der Waals surface area contributed by atoms with Gasteiger partial charge in [0.05, 0.1) is 0 Å². The SMILES string of the molecule is Cc1cc(N)ccc1NC(=O)CCSCC(C)C. The Balaban J connectivity index is 2.35. The molecule has 18 heavy (non-hydrogen) atoms. The number of hydrogen-bond acceptors (Lipinski definition) is 3. The zero-order valence-electron chi connectivity index (χ0n) is 11.3. The molecule has 0 fully saturated rings. The van der Waals surface area contributed by atoms with Crippen molar-refractivity contribution in [2.24, 2.45) is 5.92 Å². The van der Waals surface area contributed by atoms with Crippen LogP contribution < -0.4 is 11.1 Å². The van der Waals surface area contributed by atoms with Crippen molar-refractivity contribution in [1.82, 2.24) is 0 Å². The topological polar surface area (TPSA) is 55.1 Å². The number of aryl methyl sites for hydroxylation is 1. The lowest BCUT2D eigenvalue weighted by atomic mass is 10.2. The third kappa shape index (κ3) is 5.45. The Bertz CT molecular complexity index is 405. The van der Waals surface area contributed by atoms with Gasteiger partial charge in [-0.15, -0.1) is 0 Å². The minimum atomic E-state index is 0.0686. The van der Waals surface area contributed by atoms with Crippen molar-refractivity contribution in [1.29, 1.82) is 0 Å². The number of rotatable bonds is 6. The van der Waals surface area contributed by atoms with Gasteiger partial charge in [-0.1, -0.05) is 13.8 Å². The molecule has 0 unspecified atom stereocenters. The van der Waals surface area contributed by atoms with Crippen molar-refractivity contribution in [3.63, 3.8) is 0 Å². The number of nitrogens with one attached hydrogen (secondary N) is 1. The molecule has 3 nitrogen and oxygen atoms in total. The van der Waals surface area contributed by atoms with E-state index >= 15 is 0 Å². The van der Waals surface area contributed by atoms with Crippen LogP contribution in [0.2, 0.25) is 0 Å². The molecule has 1 aromatic rings. The molecule has 4 heteroatoms. The number of hydrogen-bond donors (Lipinski definition) is 2. The van der Waals surface area contributed by atoms with Gasteiger partial charge in [-0.05, 0) is 42.4 Å². The minimum Gasteiger partial charge on any atom is -0.399 e. The largest absolute Gasteiger partial charge is 0.399 e. The molecule has 0 radical (unpaired) electrons. The van der Waals surface area contributed by atoms with Crippen LogP contribution in [0.3, 0.4) is 0 Å². The normalized spacial score (nSPS) is 10.7. The van der Waals surface area contributed by atoms with E-state index in [1.165, 1.54) is 0 Å². The van der Waals surface area contributed by atoms with Crippen LogP contribution in [0.5, 0.6) is 0 Å². The predicted octanol–water partition coefficient (Wildman–Crippen LogP) is 3.30. The van der Waals surface area contributed by atoms with Crippen LogP contribution >= 0.6 is 11.8 Å². The van der Waals surface area contributed by atoms with E-state index in [9.17, 15) is 4.79 Å². The summed E-state index contributed by atoms with van der Waals surface area (Å²) in [6.07, 6.45) is 0.557. The first-order valence-electron chi connectivity index (χ1n) is 6.22. The highest BCUT2D eigenvalue weighted by Gasteiger charge is 2.05. The molecule has 0 aliphatic heterocycles. The van der Waals surface area contributed by atoms with Gasteiger partial charge in [0, 0.05) is 23.5 Å². The lowest BCUT2D eigenvalue weighted by molar-refractivity contribution is -0.115. The Morgan fingerprint density at radius 2 is 2.17 bits per heavy atom. The Labute approximate surface area is 114 Å². The molecule has 0 atom stereocenters. The highest BCUT2D eigenvalue weighted by Crippen LogP contribution is 2.18. The summed E-state index contributed by atoms with van der Waals surface area (Å²) in [4.78, 5) is 11.7. The van der Waals surface area contributed by atoms with Gasteiger partial charge >= 0.3 is 0 Å². The van der Waals surface area contributed by atoms with Crippen LogP contribution in [0.1, 0.15) is 25.8 Å². The minimum absolute atomic E-state index is 0.0686. The molecule has 1 amide bonds. The van der Waals surface area contributed by atoms with Gasteiger partial charge in [-0.2, -0.15) is 11.8 Å². The van der Waals surface area contributed by atoms with Gasteiger partial charge in [-0.25, -0.2) is 0 Å². The lowest BCUT2D eigenvalue weighted by Gasteiger charge is -2.09. The molecule has 0 aliphatic rings. The lowest BCUT2D eigenvalue weighted by Crippen LogP contribution is -2.13. The third-order valence-electron chi connectivity index (χ3n) is 2.45. The summed E-state index contributed by atoms with van der Waals surface area (Å²) in [5.41, 5.74) is 8.24. The number of thioether (sulfide) groups is 1. The molecule has 3 N–H and O–H groups in total. The summed E-state index contributed by atoms with van der Waals surface area (Å²) >= 11 is 1.83. The Hall–Kier alpha value is -1.16. The van der Waals surface area contributed by atoms with E-state index in [1.54, 1.807) is 6.07 Å². The maximum absolute atomic E-state index is 11.7. The molecule has 1 rings (SSSR count). The molecule has 100 valence electrons. The number of anilines is 2. The summed E-state index contributed by atoms with van der Waals surface area (Å²) in [7, 11) is 0. The van der Waals surface area contributed by atoms with E-state index < -0.39 is 0 Å². The number of benzene rings is 1. The van der Waals surface area contributed by atoms with Gasteiger partial charge in [0.1, 0.15) is 0 Å². The van der Waals surface area contributed by atoms with Crippen LogP contribution in [0, 0.1) is 12.8 Å². The van der Waals surface area contributed by atoms with E-state index in [4.69, 9.17) is 5.73 Å². The number of carbonyl (C=O) groups excluding carboxylic acids is 1. The number of carbonyl (C=O) groups is 1. The van der Waals surface area contributed by atoms with Crippen molar-refractivity contribution in [2.45, 2.75) is 27.2 Å². The fourth-order valence-electron chi connectivity index (χ4n) is 1.52. The highest BCUT2D eigenvalue weighted by molar-refractivity contribution is 7.99. The second kappa shape index (κ2) is 7.31. The van der Waals surface area contributed by atoms with E-state index in [1.807, 2.05) is 30.8 Å². The summed E-state index contributed by atoms with van der Waals surface area (Å²) in [5.74, 6) is 2.73. The molecule has 0 spiro atoms. The van der Waals surface area contributed by atoms with Crippen LogP contribution in [0.4, 0.5) is 11.4 Å². The number of nitrogens with two attached hydrogens (primary N) is 1. The average molecular weight is 266 g/mol. The van der Waals surface area contributed by atoms with Crippen LogP contribution in [0.15, 0.2) is 18.2 Å². The first kappa shape index (κ1) is 14.9. The second-order valence-electron chi connectivity index (χ2n) is 4.84. The summed E-state index contributed by atoms with van der Waals surface area (Å²) in [5, 5.41) is 2.92. The Morgan fingerprint density at radius 1 is 1.44 bits per heavy atom. The molecule has 0 aromatic heterocycles. The molecule has 0 aliphatic carbocycles. The van der Waals surface area contributed by atoms with Crippen molar-refractivity contribution in [2.75, 3.05) is 22.6 Å². The smallest absolute Gasteiger partial charge is 0.225 e. The zero-order valence-corrected chi connectivity index (χ0v) is 12.1. The second-order valence-corrected chi connectivity index (χ2v) is 5.99. The van der Waals surface area contributed by atoms with E-state index in [2.05, 4.69) is 19.2 Å². The van der Waals surface area contributed by atoms with Gasteiger partial charge in [0.2, 0.25) is 5.91 Å². The fourth-order valence-corrected chi connectivity index (χ4v) is 2.49. The van der Waals surface area contributed by atoms with Crippen molar-refractivity contribution in [3.05, 3.63) is 23.8 Å². The van der Waals surface area contributed by atoms with E-state index in [0.717, 1.165) is 28.4 Å². The van der Waals surface area contributed by atoms with Crippen LogP contribution in [-0.4, -0.2) is 17.4 Å². The maximum Gasteiger partial charge on any atom is 0.225 e. The average Bonchev–Trinajstić information content (AvgIpc) is 2.28. The highest BCUT2D eigenvalue weighted by atomic mass is 32.2. The predicted molar refractivity (Wildman–Crippen MR) is 81.0 cm³/mol. The van der Waals surface area contributed by atoms with Gasteiger partial charge in [0.15, 0.2) is 0 Å². The Morgan fingerprint density at radius 3 is 2.78 bits per heavy atom. The van der Waals surface area contributed by atoms with Crippen molar-refractivity contribution >= 4 is 29.0 Å². The molecular weight excluding hydrogens is 244 g/mol. The van der Waals surface area contributed by atoms with Crippen LogP contribution in [0.25, 0.3) is 0 Å². The number of nitrogen functional groups attached to an aromatic ring is 1. The summed E-state index contributed by atoms with van der Waals surface area (Å²) < 4.78 is 0. The first-order valence-corrected chi connectivity index (χ1v) is 7.38. The van der Waals surface area contributed by atoms with Gasteiger partial charge < -0.3 is 11.1 Å². The third-order valence-corrected chi connectivity index (χ3v) is 3.84. The molecule has 0 heterocycles. The van der Waals surface area contributed by atoms with Gasteiger partial charge in [-0.3, -0.25) is 4.79 Å². The molecule has 0 saturated carbocycles. The standard InChI is InChI=1S/C14H22N2OS/c1-10(2)9-18-7-6-14(17)16-13-5-4-12(15)8-11(13)3/h4-5,8,10H,6-7,9,15H2,1-3H3,(H,16,17). The summed E-state index contributed by atoms with van der Waals surface area (Å²) in [6.45, 7) is 6.31. The Kier molecular flexibility index (Phi) is 6.05. The quantitative estimate of drug-likeness (QED) is 0.613. The van der Waals surface area contributed by atoms with Gasteiger partial charge in [0.25, 0.3) is 0 Å². The fraction of sp³-hybridized carbons (Fsp3) is 0.500. The molecule has 0 bridgehead atoms. The first-order chi connectivity index (χ1) is 8.49. The molecule has 0 saturated heterocycles. The van der Waals surface area contributed by atoms with Crippen LogP contribution in [-0.2, 0) is 4.79 Å². The maximum atomic E-state index is 11.7. The van der Waals surface area contributed by atoms with E-state index in [-0.39, 0.29) is 5.91 Å². The zero-order chi connectivity index (χ0) is 13.5. The summed E-state index contributed by atoms with van der Waals surface area (Å²) in [6, 6.07) is 5.52. The van der Waals surface area contributed by atoms with E-state index in [0.29, 0.717) is 12.3 Å². The van der Waals surface area contributed by atoms with Crippen molar-refractivity contribution < 1.29 is 4.79 Å². The molecule has 1 aromatic carbocycles. The number of amides is 1. The van der Waals surface area contributed by atoms with Crippen molar-refractivity contribution in [3.8, 4) is 0 Å². The monoisotopic (exact) mass is 266 g/mol. The molecular formula is C14H22N2OS.